The second-order valence-corrected chi connectivity index (χ2v) is 3.69. The largest absolute Gasteiger partial charge is 0.474 e. The lowest BCUT2D eigenvalue weighted by Gasteiger charge is -2.23. The molecular formula is C11H16N2O2. The number of hydrogen-bond acceptors (Lipinski definition) is 4. The van der Waals surface area contributed by atoms with E-state index in [0.717, 1.165) is 25.9 Å². The minimum Gasteiger partial charge on any atom is -0.474 e. The van der Waals surface area contributed by atoms with Crippen LogP contribution in [0.4, 0.5) is 0 Å². The maximum atomic E-state index is 8.94. The van der Waals surface area contributed by atoms with E-state index in [9.17, 15) is 0 Å². The first-order valence-electron chi connectivity index (χ1n) is 5.32. The lowest BCUT2D eigenvalue weighted by Crippen LogP contribution is -2.34. The van der Waals surface area contributed by atoms with Gasteiger partial charge >= 0.3 is 0 Å². The molecule has 1 fully saturated rings. The van der Waals surface area contributed by atoms with E-state index in [-0.39, 0.29) is 12.7 Å². The first-order chi connectivity index (χ1) is 7.38. The highest BCUT2D eigenvalue weighted by molar-refractivity contribution is 5.15. The molecule has 1 aromatic heterocycles. The minimum atomic E-state index is -0.0383. The molecule has 2 N–H and O–H groups in total. The number of rotatable bonds is 3. The molecule has 1 saturated heterocycles. The number of piperidine rings is 1. The predicted molar refractivity (Wildman–Crippen MR) is 56.7 cm³/mol. The maximum absolute atomic E-state index is 8.94. The van der Waals surface area contributed by atoms with Crippen LogP contribution in [0.15, 0.2) is 18.2 Å². The van der Waals surface area contributed by atoms with Crippen molar-refractivity contribution < 1.29 is 9.84 Å². The Balaban J connectivity index is 1.96. The molecule has 82 valence electrons. The van der Waals surface area contributed by atoms with Crippen molar-refractivity contribution in [3.05, 3.63) is 23.9 Å². The quantitative estimate of drug-likeness (QED) is 0.768. The van der Waals surface area contributed by atoms with Gasteiger partial charge in [-0.1, -0.05) is 6.07 Å². The number of aliphatic hydroxyl groups is 1. The molecule has 1 aromatic rings. The van der Waals surface area contributed by atoms with Crippen LogP contribution in [0.3, 0.4) is 0 Å². The molecule has 15 heavy (non-hydrogen) atoms. The number of aromatic nitrogens is 1. The molecule has 1 aliphatic rings. The van der Waals surface area contributed by atoms with Crippen LogP contribution in [-0.4, -0.2) is 29.3 Å². The molecule has 2 heterocycles. The fraction of sp³-hybridized carbons (Fsp3) is 0.545. The molecule has 0 saturated carbocycles. The summed E-state index contributed by atoms with van der Waals surface area (Å²) < 4.78 is 5.74. The monoisotopic (exact) mass is 208 g/mol. The number of ether oxygens (including phenoxy) is 1. The molecule has 0 aliphatic carbocycles. The van der Waals surface area contributed by atoms with E-state index in [0.29, 0.717) is 11.6 Å². The molecule has 0 bridgehead atoms. The van der Waals surface area contributed by atoms with Crippen LogP contribution in [0.1, 0.15) is 18.5 Å². The topological polar surface area (TPSA) is 54.4 Å². The van der Waals surface area contributed by atoms with Gasteiger partial charge in [-0.2, -0.15) is 0 Å². The van der Waals surface area contributed by atoms with E-state index >= 15 is 0 Å². The average molecular weight is 208 g/mol. The second kappa shape index (κ2) is 5.09. The molecule has 0 spiro atoms. The highest BCUT2D eigenvalue weighted by Crippen LogP contribution is 2.14. The van der Waals surface area contributed by atoms with Gasteiger partial charge in [-0.3, -0.25) is 0 Å². The fourth-order valence-corrected chi connectivity index (χ4v) is 1.70. The molecular weight excluding hydrogens is 192 g/mol. The molecule has 2 rings (SSSR count). The third-order valence-electron chi connectivity index (χ3n) is 2.52. The van der Waals surface area contributed by atoms with Crippen molar-refractivity contribution in [1.29, 1.82) is 0 Å². The Morgan fingerprint density at radius 3 is 2.93 bits per heavy atom. The van der Waals surface area contributed by atoms with Gasteiger partial charge < -0.3 is 15.2 Å². The third kappa shape index (κ3) is 2.91. The first-order valence-corrected chi connectivity index (χ1v) is 5.32. The minimum absolute atomic E-state index is 0.0383. The smallest absolute Gasteiger partial charge is 0.213 e. The van der Waals surface area contributed by atoms with Crippen molar-refractivity contribution in [2.24, 2.45) is 0 Å². The van der Waals surface area contributed by atoms with E-state index < -0.39 is 0 Å². The summed E-state index contributed by atoms with van der Waals surface area (Å²) in [5, 5.41) is 12.2. The van der Waals surface area contributed by atoms with Gasteiger partial charge in [0.2, 0.25) is 5.88 Å². The highest BCUT2D eigenvalue weighted by atomic mass is 16.5. The molecule has 0 amide bonds. The van der Waals surface area contributed by atoms with Gasteiger partial charge in [-0.25, -0.2) is 4.98 Å². The number of hydrogen-bond donors (Lipinski definition) is 2. The van der Waals surface area contributed by atoms with Crippen LogP contribution in [0.5, 0.6) is 5.88 Å². The van der Waals surface area contributed by atoms with Crippen molar-refractivity contribution in [3.63, 3.8) is 0 Å². The lowest BCUT2D eigenvalue weighted by atomic mass is 10.1. The van der Waals surface area contributed by atoms with Crippen molar-refractivity contribution in [2.75, 3.05) is 13.1 Å². The van der Waals surface area contributed by atoms with Crippen molar-refractivity contribution in [2.45, 2.75) is 25.6 Å². The number of nitrogens with one attached hydrogen (secondary N) is 1. The Labute approximate surface area is 89.3 Å². The summed E-state index contributed by atoms with van der Waals surface area (Å²) in [6.45, 7) is 1.97. The van der Waals surface area contributed by atoms with Crippen molar-refractivity contribution in [3.8, 4) is 5.88 Å². The number of pyridine rings is 1. The zero-order valence-electron chi connectivity index (χ0n) is 8.65. The predicted octanol–water partition coefficient (Wildman–Crippen LogP) is 0.705. The summed E-state index contributed by atoms with van der Waals surface area (Å²) in [4.78, 5) is 4.19. The van der Waals surface area contributed by atoms with Crippen LogP contribution in [0.2, 0.25) is 0 Å². The van der Waals surface area contributed by atoms with Crippen LogP contribution >= 0.6 is 0 Å². The van der Waals surface area contributed by atoms with Crippen LogP contribution in [0.25, 0.3) is 0 Å². The van der Waals surface area contributed by atoms with Gasteiger partial charge in [0.1, 0.15) is 6.10 Å². The van der Waals surface area contributed by atoms with E-state index in [1.807, 2.05) is 12.1 Å². The molecule has 4 heteroatoms. The summed E-state index contributed by atoms with van der Waals surface area (Å²) in [7, 11) is 0. The van der Waals surface area contributed by atoms with Gasteiger partial charge in [-0.05, 0) is 32.0 Å². The Morgan fingerprint density at radius 1 is 1.40 bits per heavy atom. The van der Waals surface area contributed by atoms with Gasteiger partial charge in [0, 0.05) is 6.07 Å². The zero-order chi connectivity index (χ0) is 10.5. The Bertz CT molecular complexity index is 311. The second-order valence-electron chi connectivity index (χ2n) is 3.69. The summed E-state index contributed by atoms with van der Waals surface area (Å²) in [6, 6.07) is 5.48. The third-order valence-corrected chi connectivity index (χ3v) is 2.52. The van der Waals surface area contributed by atoms with E-state index in [1.54, 1.807) is 6.07 Å². The summed E-state index contributed by atoms with van der Waals surface area (Å²) in [5.74, 6) is 0.619. The van der Waals surface area contributed by atoms with Gasteiger partial charge in [-0.15, -0.1) is 0 Å². The van der Waals surface area contributed by atoms with Gasteiger partial charge in [0.25, 0.3) is 0 Å². The Morgan fingerprint density at radius 2 is 2.20 bits per heavy atom. The van der Waals surface area contributed by atoms with E-state index in [4.69, 9.17) is 9.84 Å². The van der Waals surface area contributed by atoms with E-state index in [1.165, 1.54) is 0 Å². The van der Waals surface area contributed by atoms with Crippen LogP contribution in [0, 0.1) is 0 Å². The maximum Gasteiger partial charge on any atom is 0.213 e. The average Bonchev–Trinajstić information content (AvgIpc) is 2.31. The normalized spacial score (nSPS) is 17.7. The molecule has 0 aromatic carbocycles. The Hall–Kier alpha value is -1.13. The van der Waals surface area contributed by atoms with Crippen molar-refractivity contribution >= 4 is 0 Å². The zero-order valence-corrected chi connectivity index (χ0v) is 8.65. The molecule has 0 atom stereocenters. The molecule has 4 nitrogen and oxygen atoms in total. The summed E-state index contributed by atoms with van der Waals surface area (Å²) >= 11 is 0. The molecule has 1 aliphatic heterocycles. The summed E-state index contributed by atoms with van der Waals surface area (Å²) in [5.41, 5.74) is 0.654. The van der Waals surface area contributed by atoms with Gasteiger partial charge in [0.15, 0.2) is 0 Å². The fourth-order valence-electron chi connectivity index (χ4n) is 1.70. The first kappa shape index (κ1) is 10.4. The lowest BCUT2D eigenvalue weighted by molar-refractivity contribution is 0.154. The number of nitrogens with zero attached hydrogens (tertiary/aromatic N) is 1. The molecule has 0 unspecified atom stereocenters. The Kier molecular flexibility index (Phi) is 3.53. The van der Waals surface area contributed by atoms with Crippen LogP contribution in [-0.2, 0) is 6.61 Å². The SMILES string of the molecule is OCc1cccc(OC2CCNCC2)n1. The van der Waals surface area contributed by atoms with Crippen molar-refractivity contribution in [1.82, 2.24) is 10.3 Å². The molecule has 0 radical (unpaired) electrons. The summed E-state index contributed by atoms with van der Waals surface area (Å²) in [6.07, 6.45) is 2.29. The highest BCUT2D eigenvalue weighted by Gasteiger charge is 2.14. The number of aliphatic hydroxyl groups excluding tert-OH is 1. The van der Waals surface area contributed by atoms with Crippen LogP contribution < -0.4 is 10.1 Å². The standard InChI is InChI=1S/C11H16N2O2/c14-8-9-2-1-3-11(13-9)15-10-4-6-12-7-5-10/h1-3,10,12,14H,4-8H2. The van der Waals surface area contributed by atoms with E-state index in [2.05, 4.69) is 10.3 Å². The van der Waals surface area contributed by atoms with Gasteiger partial charge in [0.05, 0.1) is 12.3 Å².